The smallest absolute Gasteiger partial charge is 0.339 e. The molecule has 1 aliphatic carbocycles. The van der Waals surface area contributed by atoms with Crippen LogP contribution in [0.25, 0.3) is 16.8 Å². The number of aromatic carboxylic acids is 1. The number of rotatable bonds is 8. The average Bonchev–Trinajstić information content (AvgIpc) is 3.41. The van der Waals surface area contributed by atoms with E-state index in [1.165, 1.54) is 12.6 Å². The number of amides is 1. The van der Waals surface area contributed by atoms with E-state index in [0.29, 0.717) is 17.3 Å². The van der Waals surface area contributed by atoms with E-state index in [1.807, 2.05) is 56.6 Å². The van der Waals surface area contributed by atoms with Crippen molar-refractivity contribution in [3.63, 3.8) is 0 Å². The molecule has 6 rings (SSSR count). The number of benzene rings is 2. The van der Waals surface area contributed by atoms with E-state index < -0.39 is 5.97 Å². The molecule has 1 saturated carbocycles. The highest BCUT2D eigenvalue weighted by Crippen LogP contribution is 2.55. The fourth-order valence-corrected chi connectivity index (χ4v) is 6.40. The Balaban J connectivity index is 1.34. The fourth-order valence-electron chi connectivity index (χ4n) is 6.40. The molecule has 1 N–H and O–H groups in total. The molecule has 0 bridgehead atoms. The van der Waals surface area contributed by atoms with Gasteiger partial charge in [0.15, 0.2) is 0 Å². The molecule has 9 nitrogen and oxygen atoms in total. The molecule has 1 aliphatic heterocycles. The van der Waals surface area contributed by atoms with Crippen LogP contribution in [0.1, 0.15) is 95.0 Å². The second-order valence-corrected chi connectivity index (χ2v) is 11.5. The zero-order valence-corrected chi connectivity index (χ0v) is 23.8. The summed E-state index contributed by atoms with van der Waals surface area (Å²) < 4.78 is 3.43. The Morgan fingerprint density at radius 3 is 2.68 bits per heavy atom. The van der Waals surface area contributed by atoms with Crippen LogP contribution in [0.5, 0.6) is 0 Å². The van der Waals surface area contributed by atoms with E-state index in [-0.39, 0.29) is 23.3 Å². The van der Waals surface area contributed by atoms with E-state index in [2.05, 4.69) is 33.3 Å². The minimum absolute atomic E-state index is 0.00850. The predicted octanol–water partition coefficient (Wildman–Crippen LogP) is 5.74. The van der Waals surface area contributed by atoms with Crippen molar-refractivity contribution in [2.45, 2.75) is 70.3 Å². The van der Waals surface area contributed by atoms with E-state index >= 15 is 0 Å². The van der Waals surface area contributed by atoms with Crippen LogP contribution in [-0.2, 0) is 7.05 Å². The third-order valence-corrected chi connectivity index (χ3v) is 8.44. The van der Waals surface area contributed by atoms with Crippen LogP contribution in [-0.4, -0.2) is 59.2 Å². The summed E-state index contributed by atoms with van der Waals surface area (Å²) in [5.41, 5.74) is 6.17. The van der Waals surface area contributed by atoms with Gasteiger partial charge in [0.25, 0.3) is 5.91 Å². The van der Waals surface area contributed by atoms with Crippen LogP contribution >= 0.6 is 0 Å². The number of hydrogen-bond donors (Lipinski definition) is 1. The van der Waals surface area contributed by atoms with E-state index in [9.17, 15) is 14.7 Å². The summed E-state index contributed by atoms with van der Waals surface area (Å²) in [6, 6.07) is 14.3. The van der Waals surface area contributed by atoms with E-state index in [1.54, 1.807) is 9.36 Å². The normalized spacial score (nSPS) is 20.3. The van der Waals surface area contributed by atoms with Gasteiger partial charge in [-0.1, -0.05) is 36.8 Å². The van der Waals surface area contributed by atoms with Crippen LogP contribution in [0.2, 0.25) is 0 Å². The monoisotopic (exact) mass is 552 g/mol. The maximum atomic E-state index is 13.6. The molecule has 2 unspecified atom stereocenters. The fraction of sp³-hybridized carbons (Fsp3) is 0.406. The van der Waals surface area contributed by atoms with Gasteiger partial charge in [0.2, 0.25) is 0 Å². The first-order chi connectivity index (χ1) is 19.8. The molecule has 3 atom stereocenters. The van der Waals surface area contributed by atoms with Gasteiger partial charge in [0.05, 0.1) is 23.3 Å². The maximum Gasteiger partial charge on any atom is 0.339 e. The second-order valence-electron chi connectivity index (χ2n) is 11.5. The minimum Gasteiger partial charge on any atom is -0.478 e. The van der Waals surface area contributed by atoms with Crippen molar-refractivity contribution in [2.24, 2.45) is 7.05 Å². The molecule has 0 radical (unpaired) electrons. The average molecular weight is 553 g/mol. The molecule has 2 aliphatic rings. The molecule has 41 heavy (non-hydrogen) atoms. The highest BCUT2D eigenvalue weighted by Gasteiger charge is 2.46. The Hall–Kier alpha value is -4.27. The molecule has 9 heteroatoms. The lowest BCUT2D eigenvalue weighted by Crippen LogP contribution is -2.43. The van der Waals surface area contributed by atoms with Crippen molar-refractivity contribution in [1.82, 2.24) is 29.7 Å². The number of likely N-dealkylation sites (tertiary alicyclic amines) is 1. The summed E-state index contributed by atoms with van der Waals surface area (Å²) in [6.45, 7) is 5.01. The number of aryl methyl sites for hydroxylation is 2. The van der Waals surface area contributed by atoms with Crippen LogP contribution in [0.3, 0.4) is 0 Å². The number of carboxylic acids is 1. The first-order valence-corrected chi connectivity index (χ1v) is 14.5. The van der Waals surface area contributed by atoms with Crippen molar-refractivity contribution in [3.05, 3.63) is 82.9 Å². The van der Waals surface area contributed by atoms with Gasteiger partial charge in [-0.05, 0) is 80.0 Å². The third-order valence-electron chi connectivity index (χ3n) is 8.44. The summed E-state index contributed by atoms with van der Waals surface area (Å²) >= 11 is 0. The Kier molecular flexibility index (Phi) is 7.19. The Morgan fingerprint density at radius 2 is 1.93 bits per heavy atom. The van der Waals surface area contributed by atoms with Crippen molar-refractivity contribution >= 4 is 11.9 Å². The third kappa shape index (κ3) is 5.28. The SMILES string of the molecule is CCC[C@@H]1CCCCN1C(=O)c1cccc(-c2cc(C)cc(-n3ncc(C(=O)O)c3C3CC3c3cn(C)nn3)c2)c1. The first kappa shape index (κ1) is 26.9. The molecule has 2 aromatic carbocycles. The number of carbonyl (C=O) groups excluding carboxylic acids is 1. The Labute approximate surface area is 239 Å². The summed E-state index contributed by atoms with van der Waals surface area (Å²) in [5, 5.41) is 22.8. The van der Waals surface area contributed by atoms with Crippen LogP contribution in [0.4, 0.5) is 0 Å². The van der Waals surface area contributed by atoms with Gasteiger partial charge >= 0.3 is 5.97 Å². The molecule has 2 aromatic heterocycles. The molecule has 1 amide bonds. The molecule has 1 saturated heterocycles. The van der Waals surface area contributed by atoms with Crippen molar-refractivity contribution in [2.75, 3.05) is 6.54 Å². The molecular formula is C32H36N6O3. The Bertz CT molecular complexity index is 1600. The number of hydrogen-bond acceptors (Lipinski definition) is 5. The van der Waals surface area contributed by atoms with Gasteiger partial charge < -0.3 is 10.0 Å². The van der Waals surface area contributed by atoms with Crippen molar-refractivity contribution in [1.29, 1.82) is 0 Å². The minimum atomic E-state index is -0.991. The number of carboxylic acid groups (broad SMARTS) is 1. The summed E-state index contributed by atoms with van der Waals surface area (Å²) in [7, 11) is 1.83. The van der Waals surface area contributed by atoms with Crippen LogP contribution in [0, 0.1) is 6.92 Å². The molecular weight excluding hydrogens is 516 g/mol. The van der Waals surface area contributed by atoms with Gasteiger partial charge in [-0.25, -0.2) is 9.48 Å². The van der Waals surface area contributed by atoms with E-state index in [4.69, 9.17) is 0 Å². The lowest BCUT2D eigenvalue weighted by molar-refractivity contribution is 0.0600. The number of piperidine rings is 1. The molecule has 2 fully saturated rings. The van der Waals surface area contributed by atoms with Crippen molar-refractivity contribution < 1.29 is 14.7 Å². The molecule has 4 aromatic rings. The molecule has 0 spiro atoms. The quantitative estimate of drug-likeness (QED) is 0.299. The summed E-state index contributed by atoms with van der Waals surface area (Å²) in [5.74, 6) is -0.794. The lowest BCUT2D eigenvalue weighted by atomic mass is 9.96. The second kappa shape index (κ2) is 11.0. The van der Waals surface area contributed by atoms with Crippen molar-refractivity contribution in [3.8, 4) is 16.8 Å². The van der Waals surface area contributed by atoms with Gasteiger partial charge in [-0.15, -0.1) is 5.10 Å². The Morgan fingerprint density at radius 1 is 1.07 bits per heavy atom. The number of nitrogens with zero attached hydrogens (tertiary/aromatic N) is 6. The predicted molar refractivity (Wildman–Crippen MR) is 155 cm³/mol. The standard InChI is InChI=1S/C32H36N6O3/c1-4-8-24-11-5-6-12-37(24)31(39)22-10-7-9-21(15-22)23-13-20(2)14-25(16-23)38-30(28(18-33-38)32(40)41)27-17-26(27)29-19-36(3)35-34-29/h7,9-10,13-16,18-19,24,26-27H,4-6,8,11-12,17H2,1-3H3,(H,40,41)/t24-,26?,27?/m1/s1. The zero-order valence-electron chi connectivity index (χ0n) is 23.8. The van der Waals surface area contributed by atoms with Gasteiger partial charge in [0, 0.05) is 43.2 Å². The van der Waals surface area contributed by atoms with Crippen LogP contribution in [0.15, 0.2) is 54.9 Å². The summed E-state index contributed by atoms with van der Waals surface area (Å²) in [4.78, 5) is 27.9. The highest BCUT2D eigenvalue weighted by molar-refractivity contribution is 5.96. The molecule has 212 valence electrons. The van der Waals surface area contributed by atoms with Gasteiger partial charge in [-0.3, -0.25) is 9.48 Å². The largest absolute Gasteiger partial charge is 0.478 e. The number of aromatic nitrogens is 5. The topological polar surface area (TPSA) is 106 Å². The first-order valence-electron chi connectivity index (χ1n) is 14.5. The van der Waals surface area contributed by atoms with Gasteiger partial charge in [0.1, 0.15) is 5.56 Å². The van der Waals surface area contributed by atoms with E-state index in [0.717, 1.165) is 66.7 Å². The maximum absolute atomic E-state index is 13.6. The highest BCUT2D eigenvalue weighted by atomic mass is 16.4. The molecule has 3 heterocycles. The van der Waals surface area contributed by atoms with Gasteiger partial charge in [-0.2, -0.15) is 5.10 Å². The van der Waals surface area contributed by atoms with Crippen LogP contribution < -0.4 is 0 Å². The zero-order chi connectivity index (χ0) is 28.7. The lowest BCUT2D eigenvalue weighted by Gasteiger charge is -2.36. The summed E-state index contributed by atoms with van der Waals surface area (Å²) in [6.07, 6.45) is 9.54. The number of carbonyl (C=O) groups is 2.